The Labute approximate surface area is 173 Å². The van der Waals surface area contributed by atoms with E-state index in [1.54, 1.807) is 7.11 Å². The van der Waals surface area contributed by atoms with Gasteiger partial charge in [-0.2, -0.15) is 0 Å². The van der Waals surface area contributed by atoms with Crippen molar-refractivity contribution in [2.24, 2.45) is 17.5 Å². The van der Waals surface area contributed by atoms with Gasteiger partial charge in [0.25, 0.3) is 0 Å². The van der Waals surface area contributed by atoms with Gasteiger partial charge in [-0.15, -0.1) is 34.2 Å². The van der Waals surface area contributed by atoms with E-state index in [2.05, 4.69) is 20.8 Å². The van der Waals surface area contributed by atoms with Crippen molar-refractivity contribution in [2.45, 2.75) is 64.5 Å². The lowest BCUT2D eigenvalue weighted by Crippen LogP contribution is -2.44. The maximum atomic E-state index is 5.26. The molecule has 1 aromatic rings. The fourth-order valence-electron chi connectivity index (χ4n) is 3.44. The maximum Gasteiger partial charge on any atom is 0.191 e. The fraction of sp³-hybridized carbons (Fsp3) is 0.833. The molecule has 8 heteroatoms. The van der Waals surface area contributed by atoms with Gasteiger partial charge in [-0.25, -0.2) is 4.99 Å². The van der Waals surface area contributed by atoms with Gasteiger partial charge in [-0.1, -0.05) is 12.8 Å². The van der Waals surface area contributed by atoms with Crippen molar-refractivity contribution in [2.75, 3.05) is 20.3 Å². The van der Waals surface area contributed by atoms with Crippen LogP contribution in [0.5, 0.6) is 0 Å². The highest BCUT2D eigenvalue weighted by Gasteiger charge is 2.42. The molecule has 148 valence electrons. The van der Waals surface area contributed by atoms with Crippen molar-refractivity contribution in [1.82, 2.24) is 25.4 Å². The van der Waals surface area contributed by atoms with Gasteiger partial charge in [0.15, 0.2) is 11.8 Å². The predicted octanol–water partition coefficient (Wildman–Crippen LogP) is 2.54. The van der Waals surface area contributed by atoms with E-state index < -0.39 is 0 Å². The molecular formula is C18H33IN6O. The molecule has 3 rings (SSSR count). The highest BCUT2D eigenvalue weighted by molar-refractivity contribution is 14.0. The molecule has 0 amide bonds. The van der Waals surface area contributed by atoms with E-state index in [0.29, 0.717) is 18.0 Å². The lowest BCUT2D eigenvalue weighted by atomic mass is 10.0. The number of nitrogens with one attached hydrogen (secondary N) is 2. The number of aromatic nitrogens is 3. The number of methoxy groups -OCH3 is 1. The number of halogens is 1. The molecular weight excluding hydrogens is 443 g/mol. The minimum atomic E-state index is 0. The zero-order chi connectivity index (χ0) is 17.7. The lowest BCUT2D eigenvalue weighted by Gasteiger charge is -2.21. The van der Waals surface area contributed by atoms with Crippen LogP contribution >= 0.6 is 24.0 Å². The van der Waals surface area contributed by atoms with Crippen LogP contribution in [0, 0.1) is 12.3 Å². The summed E-state index contributed by atoms with van der Waals surface area (Å²) >= 11 is 0. The van der Waals surface area contributed by atoms with Crippen LogP contribution in [0.25, 0.3) is 0 Å². The van der Waals surface area contributed by atoms with Gasteiger partial charge in [0, 0.05) is 33.4 Å². The summed E-state index contributed by atoms with van der Waals surface area (Å²) in [6, 6.07) is 0.543. The van der Waals surface area contributed by atoms with E-state index in [4.69, 9.17) is 9.73 Å². The number of hydrogen-bond acceptors (Lipinski definition) is 4. The molecule has 26 heavy (non-hydrogen) atoms. The summed E-state index contributed by atoms with van der Waals surface area (Å²) in [5, 5.41) is 15.5. The molecule has 0 aromatic carbocycles. The molecule has 2 aliphatic carbocycles. The maximum absolute atomic E-state index is 5.26. The number of aryl methyl sites for hydroxylation is 1. The Hall–Kier alpha value is -0.900. The molecule has 0 radical (unpaired) electrons. The first-order valence-electron chi connectivity index (χ1n) is 9.50. The Bertz CT molecular complexity index is 593. The second-order valence-corrected chi connectivity index (χ2v) is 7.61. The molecule has 0 bridgehead atoms. The van der Waals surface area contributed by atoms with Crippen molar-refractivity contribution < 1.29 is 4.74 Å². The number of aliphatic imine (C=N–C) groups is 1. The normalized spacial score (nSPS) is 19.3. The zero-order valence-corrected chi connectivity index (χ0v) is 18.6. The minimum absolute atomic E-state index is 0. The van der Waals surface area contributed by atoms with E-state index in [1.807, 2.05) is 18.5 Å². The number of nitrogens with zero attached hydrogens (tertiary/aromatic N) is 4. The monoisotopic (exact) mass is 476 g/mol. The third kappa shape index (κ3) is 5.80. The molecule has 0 spiro atoms. The van der Waals surface area contributed by atoms with E-state index >= 15 is 0 Å². The van der Waals surface area contributed by atoms with Gasteiger partial charge in [0.2, 0.25) is 0 Å². The van der Waals surface area contributed by atoms with Crippen LogP contribution < -0.4 is 10.6 Å². The van der Waals surface area contributed by atoms with Crippen LogP contribution in [0.3, 0.4) is 0 Å². The fourth-order valence-corrected chi connectivity index (χ4v) is 3.44. The predicted molar refractivity (Wildman–Crippen MR) is 114 cm³/mol. The lowest BCUT2D eigenvalue weighted by molar-refractivity contribution is 0.172. The molecule has 1 aromatic heterocycles. The number of ether oxygens (including phenoxy) is 1. The summed E-state index contributed by atoms with van der Waals surface area (Å²) in [5.74, 6) is 2.72. The van der Waals surface area contributed by atoms with Gasteiger partial charge >= 0.3 is 0 Å². The Kier molecular flexibility index (Phi) is 8.12. The van der Waals surface area contributed by atoms with E-state index in [9.17, 15) is 0 Å². The zero-order valence-electron chi connectivity index (χ0n) is 16.3. The van der Waals surface area contributed by atoms with Crippen molar-refractivity contribution in [1.29, 1.82) is 0 Å². The molecule has 1 heterocycles. The van der Waals surface area contributed by atoms with Gasteiger partial charge in [0.05, 0.1) is 0 Å². The molecule has 0 saturated heterocycles. The Morgan fingerprint density at radius 3 is 2.62 bits per heavy atom. The third-order valence-corrected chi connectivity index (χ3v) is 5.68. The third-order valence-electron chi connectivity index (χ3n) is 5.68. The SMILES string of the molecule is COCCC1(CNC(=NCc2nnc(C)n2C)NC2CCCC2)CC1.I. The van der Waals surface area contributed by atoms with E-state index in [1.165, 1.54) is 38.5 Å². The van der Waals surface area contributed by atoms with Crippen LogP contribution in [0.4, 0.5) is 0 Å². The second kappa shape index (κ2) is 9.87. The Morgan fingerprint density at radius 2 is 2.04 bits per heavy atom. The van der Waals surface area contributed by atoms with Crippen LogP contribution in [0.15, 0.2) is 4.99 Å². The van der Waals surface area contributed by atoms with E-state index in [-0.39, 0.29) is 24.0 Å². The van der Waals surface area contributed by atoms with Crippen molar-refractivity contribution >= 4 is 29.9 Å². The number of hydrogen-bond donors (Lipinski definition) is 2. The van der Waals surface area contributed by atoms with Gasteiger partial charge in [-0.3, -0.25) is 0 Å². The molecule has 2 N–H and O–H groups in total. The standard InChI is InChI=1S/C18H32N6O.HI/c1-14-22-23-16(24(14)2)12-19-17(21-15-6-4-5-7-15)20-13-18(8-9-18)10-11-25-3;/h15H,4-13H2,1-3H3,(H2,19,20,21);1H. The average Bonchev–Trinajstić information content (AvgIpc) is 3.06. The minimum Gasteiger partial charge on any atom is -0.385 e. The van der Waals surface area contributed by atoms with Gasteiger partial charge in [0.1, 0.15) is 12.4 Å². The molecule has 0 aliphatic heterocycles. The summed E-state index contributed by atoms with van der Waals surface area (Å²) < 4.78 is 7.26. The molecule has 2 saturated carbocycles. The first-order chi connectivity index (χ1) is 12.1. The van der Waals surface area contributed by atoms with Gasteiger partial charge in [-0.05, 0) is 44.4 Å². The summed E-state index contributed by atoms with van der Waals surface area (Å²) in [4.78, 5) is 4.78. The van der Waals surface area contributed by atoms with Crippen molar-refractivity contribution in [3.8, 4) is 0 Å². The first kappa shape index (κ1) is 21.4. The summed E-state index contributed by atoms with van der Waals surface area (Å²) in [6.45, 7) is 4.31. The summed E-state index contributed by atoms with van der Waals surface area (Å²) in [5.41, 5.74) is 0.398. The Balaban J connectivity index is 0.00000243. The van der Waals surface area contributed by atoms with E-state index in [0.717, 1.165) is 37.2 Å². The quantitative estimate of drug-likeness (QED) is 0.343. The molecule has 7 nitrogen and oxygen atoms in total. The molecule has 0 atom stereocenters. The largest absolute Gasteiger partial charge is 0.385 e. The van der Waals surface area contributed by atoms with Crippen molar-refractivity contribution in [3.05, 3.63) is 11.6 Å². The van der Waals surface area contributed by atoms with Crippen LogP contribution in [0.2, 0.25) is 0 Å². The van der Waals surface area contributed by atoms with Crippen molar-refractivity contribution in [3.63, 3.8) is 0 Å². The summed E-state index contributed by atoms with van der Waals surface area (Å²) in [7, 11) is 3.77. The first-order valence-corrected chi connectivity index (χ1v) is 9.50. The molecule has 0 unspecified atom stereocenters. The average molecular weight is 476 g/mol. The van der Waals surface area contributed by atoms with Crippen LogP contribution in [-0.4, -0.2) is 47.0 Å². The number of guanidine groups is 1. The summed E-state index contributed by atoms with van der Waals surface area (Å²) in [6.07, 6.45) is 8.77. The second-order valence-electron chi connectivity index (χ2n) is 7.61. The highest BCUT2D eigenvalue weighted by Crippen LogP contribution is 2.48. The highest BCUT2D eigenvalue weighted by atomic mass is 127. The number of rotatable bonds is 8. The molecule has 2 aliphatic rings. The van der Waals surface area contributed by atoms with Crippen LogP contribution in [0.1, 0.15) is 56.6 Å². The Morgan fingerprint density at radius 1 is 1.31 bits per heavy atom. The van der Waals surface area contributed by atoms with Crippen LogP contribution in [-0.2, 0) is 18.3 Å². The topological polar surface area (TPSA) is 76.4 Å². The molecule has 2 fully saturated rings. The van der Waals surface area contributed by atoms with Gasteiger partial charge < -0.3 is 19.9 Å². The smallest absolute Gasteiger partial charge is 0.191 e.